The number of amides is 1. The topological polar surface area (TPSA) is 38.3 Å². The molecular formula is C16H15Cl2NO2S. The number of halogens is 2. The summed E-state index contributed by atoms with van der Waals surface area (Å²) in [5.41, 5.74) is 0.791. The Morgan fingerprint density at radius 3 is 2.59 bits per heavy atom. The van der Waals surface area contributed by atoms with E-state index in [1.54, 1.807) is 30.0 Å². The summed E-state index contributed by atoms with van der Waals surface area (Å²) in [5.74, 6) is 1.30. The van der Waals surface area contributed by atoms with Crippen LogP contribution in [0.3, 0.4) is 0 Å². The highest BCUT2D eigenvalue weighted by molar-refractivity contribution is 7.99. The molecule has 0 spiro atoms. The number of carbonyl (C=O) groups is 1. The molecule has 0 fully saturated rings. The van der Waals surface area contributed by atoms with Crippen molar-refractivity contribution >= 4 is 46.6 Å². The van der Waals surface area contributed by atoms with Crippen LogP contribution in [0, 0.1) is 0 Å². The fourth-order valence-corrected chi connectivity index (χ4v) is 2.80. The first-order valence-electron chi connectivity index (χ1n) is 6.63. The minimum absolute atomic E-state index is 0.0767. The number of carbonyl (C=O) groups excluding carboxylic acids is 1. The van der Waals surface area contributed by atoms with Crippen LogP contribution < -0.4 is 10.1 Å². The second-order valence-electron chi connectivity index (χ2n) is 4.48. The van der Waals surface area contributed by atoms with Crippen LogP contribution in [0.4, 0.5) is 5.69 Å². The van der Waals surface area contributed by atoms with Crippen LogP contribution in [0.1, 0.15) is 6.92 Å². The molecule has 2 rings (SSSR count). The lowest BCUT2D eigenvalue weighted by Gasteiger charge is -2.08. The van der Waals surface area contributed by atoms with Crippen LogP contribution in [-0.4, -0.2) is 18.3 Å². The van der Waals surface area contributed by atoms with E-state index in [0.29, 0.717) is 22.4 Å². The molecule has 0 saturated carbocycles. The van der Waals surface area contributed by atoms with E-state index in [4.69, 9.17) is 27.9 Å². The summed E-state index contributed by atoms with van der Waals surface area (Å²) in [6.45, 7) is 2.01. The predicted octanol–water partition coefficient (Wildman–Crippen LogP) is 5.12. The fraction of sp³-hybridized carbons (Fsp3) is 0.188. The van der Waals surface area contributed by atoms with Crippen molar-refractivity contribution in [1.29, 1.82) is 0 Å². The molecule has 0 aliphatic heterocycles. The number of ether oxygens (including phenoxy) is 1. The van der Waals surface area contributed by atoms with Crippen molar-refractivity contribution in [3.8, 4) is 5.75 Å². The van der Waals surface area contributed by atoms with Crippen molar-refractivity contribution in [3.05, 3.63) is 52.5 Å². The molecule has 0 heterocycles. The Kier molecular flexibility index (Phi) is 6.43. The van der Waals surface area contributed by atoms with E-state index in [0.717, 1.165) is 16.3 Å². The summed E-state index contributed by atoms with van der Waals surface area (Å²) >= 11 is 13.6. The largest absolute Gasteiger partial charge is 0.491 e. The smallest absolute Gasteiger partial charge is 0.221 e. The van der Waals surface area contributed by atoms with Crippen LogP contribution in [0.2, 0.25) is 10.0 Å². The minimum Gasteiger partial charge on any atom is -0.491 e. The zero-order valence-corrected chi connectivity index (χ0v) is 14.3. The maximum Gasteiger partial charge on any atom is 0.221 e. The van der Waals surface area contributed by atoms with Gasteiger partial charge in [-0.15, -0.1) is 11.8 Å². The molecule has 22 heavy (non-hydrogen) atoms. The number of benzene rings is 2. The van der Waals surface area contributed by atoms with Crippen molar-refractivity contribution < 1.29 is 9.53 Å². The Morgan fingerprint density at radius 2 is 1.91 bits per heavy atom. The summed E-state index contributed by atoms with van der Waals surface area (Å²) in [6, 6.07) is 12.8. The van der Waals surface area contributed by atoms with Gasteiger partial charge in [-0.05, 0) is 36.4 Å². The van der Waals surface area contributed by atoms with Gasteiger partial charge in [0.2, 0.25) is 5.91 Å². The van der Waals surface area contributed by atoms with Gasteiger partial charge < -0.3 is 10.1 Å². The van der Waals surface area contributed by atoms with Crippen LogP contribution >= 0.6 is 35.0 Å². The van der Waals surface area contributed by atoms with Crippen LogP contribution in [0.5, 0.6) is 5.75 Å². The van der Waals surface area contributed by atoms with E-state index in [9.17, 15) is 4.79 Å². The van der Waals surface area contributed by atoms with Gasteiger partial charge in [0.25, 0.3) is 0 Å². The quantitative estimate of drug-likeness (QED) is 0.576. The predicted molar refractivity (Wildman–Crippen MR) is 93.4 cm³/mol. The van der Waals surface area contributed by atoms with Gasteiger partial charge in [0.1, 0.15) is 5.75 Å². The van der Waals surface area contributed by atoms with Gasteiger partial charge in [0.05, 0.1) is 11.6 Å². The molecule has 0 bridgehead atoms. The highest BCUT2D eigenvalue weighted by Gasteiger charge is 2.03. The maximum absolute atomic E-state index is 10.9. The first-order valence-corrected chi connectivity index (χ1v) is 8.37. The molecule has 0 unspecified atom stereocenters. The van der Waals surface area contributed by atoms with Gasteiger partial charge in [-0.3, -0.25) is 4.79 Å². The number of nitrogens with one attached hydrogen (secondary N) is 1. The highest BCUT2D eigenvalue weighted by Crippen LogP contribution is 2.28. The molecule has 2 aromatic rings. The molecule has 1 N–H and O–H groups in total. The van der Waals surface area contributed by atoms with E-state index < -0.39 is 0 Å². The Hall–Kier alpha value is -1.36. The zero-order valence-electron chi connectivity index (χ0n) is 11.9. The van der Waals surface area contributed by atoms with E-state index in [-0.39, 0.29) is 5.91 Å². The van der Waals surface area contributed by atoms with Gasteiger partial charge in [-0.1, -0.05) is 23.2 Å². The van der Waals surface area contributed by atoms with E-state index in [1.807, 2.05) is 24.3 Å². The number of hydrogen-bond acceptors (Lipinski definition) is 3. The molecule has 6 heteroatoms. The third-order valence-electron chi connectivity index (χ3n) is 2.68. The van der Waals surface area contributed by atoms with E-state index in [2.05, 4.69) is 5.32 Å². The Balaban J connectivity index is 1.79. The van der Waals surface area contributed by atoms with Gasteiger partial charge in [0, 0.05) is 34.3 Å². The summed E-state index contributed by atoms with van der Waals surface area (Å²) in [7, 11) is 0. The average Bonchev–Trinajstić information content (AvgIpc) is 2.48. The summed E-state index contributed by atoms with van der Waals surface area (Å²) in [6.07, 6.45) is 0. The lowest BCUT2D eigenvalue weighted by Crippen LogP contribution is -2.05. The molecule has 3 nitrogen and oxygen atoms in total. The van der Waals surface area contributed by atoms with Gasteiger partial charge >= 0.3 is 0 Å². The van der Waals surface area contributed by atoms with Crippen molar-refractivity contribution in [3.63, 3.8) is 0 Å². The van der Waals surface area contributed by atoms with Crippen molar-refractivity contribution in [2.45, 2.75) is 11.8 Å². The molecule has 0 atom stereocenters. The normalized spacial score (nSPS) is 10.3. The van der Waals surface area contributed by atoms with Crippen molar-refractivity contribution in [1.82, 2.24) is 0 Å². The van der Waals surface area contributed by atoms with Gasteiger partial charge in [0.15, 0.2) is 0 Å². The average molecular weight is 356 g/mol. The van der Waals surface area contributed by atoms with Crippen LogP contribution in [-0.2, 0) is 4.79 Å². The zero-order chi connectivity index (χ0) is 15.9. The number of hydrogen-bond donors (Lipinski definition) is 1. The molecule has 0 saturated heterocycles. The lowest BCUT2D eigenvalue weighted by molar-refractivity contribution is -0.114. The SMILES string of the molecule is CC(=O)Nc1ccc(SCCOc2cc(Cl)ccc2Cl)cc1. The van der Waals surface area contributed by atoms with E-state index >= 15 is 0 Å². The molecule has 0 radical (unpaired) electrons. The minimum atomic E-state index is -0.0767. The van der Waals surface area contributed by atoms with Crippen molar-refractivity contribution in [2.75, 3.05) is 17.7 Å². The maximum atomic E-state index is 10.9. The van der Waals surface area contributed by atoms with Crippen molar-refractivity contribution in [2.24, 2.45) is 0 Å². The second kappa shape index (κ2) is 8.32. The highest BCUT2D eigenvalue weighted by atomic mass is 35.5. The fourth-order valence-electron chi connectivity index (χ4n) is 1.74. The third kappa shape index (κ3) is 5.44. The van der Waals surface area contributed by atoms with Gasteiger partial charge in [-0.25, -0.2) is 0 Å². The summed E-state index contributed by atoms with van der Waals surface area (Å²) in [4.78, 5) is 12.0. The van der Waals surface area contributed by atoms with Gasteiger partial charge in [-0.2, -0.15) is 0 Å². The number of rotatable bonds is 6. The molecule has 0 aliphatic rings. The molecule has 116 valence electrons. The Bertz CT molecular complexity index is 647. The third-order valence-corrected chi connectivity index (χ3v) is 4.20. The second-order valence-corrected chi connectivity index (χ2v) is 6.49. The standard InChI is InChI=1S/C16H15Cl2NO2S/c1-11(20)19-13-3-5-14(6-4-13)22-9-8-21-16-10-12(17)2-7-15(16)18/h2-7,10H,8-9H2,1H3,(H,19,20). The Labute approximate surface area is 144 Å². The summed E-state index contributed by atoms with van der Waals surface area (Å²) in [5, 5.41) is 3.88. The molecule has 0 aromatic heterocycles. The Morgan fingerprint density at radius 1 is 1.18 bits per heavy atom. The number of thioether (sulfide) groups is 1. The summed E-state index contributed by atoms with van der Waals surface area (Å²) < 4.78 is 5.62. The number of anilines is 1. The van der Waals surface area contributed by atoms with E-state index in [1.165, 1.54) is 6.92 Å². The monoisotopic (exact) mass is 355 g/mol. The lowest BCUT2D eigenvalue weighted by atomic mass is 10.3. The van der Waals surface area contributed by atoms with Crippen LogP contribution in [0.25, 0.3) is 0 Å². The molecule has 2 aromatic carbocycles. The van der Waals surface area contributed by atoms with Crippen LogP contribution in [0.15, 0.2) is 47.4 Å². The molecular weight excluding hydrogens is 341 g/mol. The molecule has 1 amide bonds. The molecule has 0 aliphatic carbocycles. The first kappa shape index (κ1) is 17.0. The first-order chi connectivity index (χ1) is 10.5.